The lowest BCUT2D eigenvalue weighted by Crippen LogP contribution is -2.18. The Bertz CT molecular complexity index is 1410. The lowest BCUT2D eigenvalue weighted by molar-refractivity contribution is 0.455. The predicted octanol–water partition coefficient (Wildman–Crippen LogP) is 10.5. The van der Waals surface area contributed by atoms with Gasteiger partial charge in [0.1, 0.15) is 0 Å². The summed E-state index contributed by atoms with van der Waals surface area (Å²) in [6, 6.07) is 34.4. The van der Waals surface area contributed by atoms with Crippen LogP contribution in [0.25, 0.3) is 32.3 Å². The first-order chi connectivity index (χ1) is 17.5. The van der Waals surface area contributed by atoms with Crippen LogP contribution in [0.2, 0.25) is 0 Å². The van der Waals surface area contributed by atoms with E-state index in [1.807, 2.05) is 0 Å². The van der Waals surface area contributed by atoms with Gasteiger partial charge in [-0.15, -0.1) is 0 Å². The average molecular weight is 508 g/mol. The zero-order chi connectivity index (χ0) is 25.0. The summed E-state index contributed by atoms with van der Waals surface area (Å²) >= 11 is 14.2. The van der Waals surface area contributed by atoms with E-state index >= 15 is 0 Å². The van der Waals surface area contributed by atoms with Gasteiger partial charge in [-0.1, -0.05) is 127 Å². The SMILES string of the molecule is CC1=C(Cl)c2c(-c3ccccc3)cccc2C1C(C)C1C(C)=C(Cl)c2c(-c3ccccc3)cccc21. The molecule has 0 nitrogen and oxygen atoms in total. The first-order valence-corrected chi connectivity index (χ1v) is 13.3. The van der Waals surface area contributed by atoms with E-state index < -0.39 is 0 Å². The summed E-state index contributed by atoms with van der Waals surface area (Å²) in [5.41, 5.74) is 12.3. The van der Waals surface area contributed by atoms with Crippen molar-refractivity contribution in [2.75, 3.05) is 0 Å². The zero-order valence-electron chi connectivity index (χ0n) is 20.7. The number of hydrogen-bond acceptors (Lipinski definition) is 0. The first-order valence-electron chi connectivity index (χ1n) is 12.6. The molecule has 4 aromatic carbocycles. The Balaban J connectivity index is 1.47. The van der Waals surface area contributed by atoms with Crippen molar-refractivity contribution in [2.24, 2.45) is 5.92 Å². The molecule has 36 heavy (non-hydrogen) atoms. The third-order valence-electron chi connectivity index (χ3n) is 8.15. The van der Waals surface area contributed by atoms with Crippen LogP contribution in [0, 0.1) is 5.92 Å². The molecule has 0 spiro atoms. The topological polar surface area (TPSA) is 0 Å². The fourth-order valence-corrected chi connectivity index (χ4v) is 7.20. The second kappa shape index (κ2) is 9.11. The standard InChI is InChI=1S/C34H28Cl2/c1-20(29-21(2)33(35)31-25(16-10-18-27(29)31)23-12-6-4-7-13-23)30-22(3)34(36)32-26(17-11-19-28(30)32)24-14-8-5-9-15-24/h4-20,29-30H,1-3H3. The molecule has 178 valence electrons. The summed E-state index contributed by atoms with van der Waals surface area (Å²) < 4.78 is 0. The summed E-state index contributed by atoms with van der Waals surface area (Å²) in [7, 11) is 0. The van der Waals surface area contributed by atoms with E-state index in [1.54, 1.807) is 0 Å². The maximum Gasteiger partial charge on any atom is 0.0483 e. The van der Waals surface area contributed by atoms with Crippen LogP contribution in [-0.2, 0) is 0 Å². The van der Waals surface area contributed by atoms with Crippen molar-refractivity contribution in [3.8, 4) is 22.3 Å². The summed E-state index contributed by atoms with van der Waals surface area (Å²) in [4.78, 5) is 0. The molecule has 2 aliphatic rings. The van der Waals surface area contributed by atoms with Crippen molar-refractivity contribution in [3.63, 3.8) is 0 Å². The van der Waals surface area contributed by atoms with E-state index in [-0.39, 0.29) is 11.8 Å². The lowest BCUT2D eigenvalue weighted by Gasteiger charge is -2.30. The van der Waals surface area contributed by atoms with Crippen molar-refractivity contribution in [1.29, 1.82) is 0 Å². The maximum atomic E-state index is 7.11. The second-order valence-corrected chi connectivity index (χ2v) is 10.8. The van der Waals surface area contributed by atoms with Crippen molar-refractivity contribution >= 4 is 33.3 Å². The normalized spacial score (nSPS) is 19.5. The molecule has 0 saturated carbocycles. The smallest absolute Gasteiger partial charge is 0.0483 e. The molecule has 0 saturated heterocycles. The Kier molecular flexibility index (Phi) is 5.91. The molecule has 0 aromatic heterocycles. The fraction of sp³-hybridized carbons (Fsp3) is 0.176. The van der Waals surface area contributed by atoms with Gasteiger partial charge >= 0.3 is 0 Å². The monoisotopic (exact) mass is 506 g/mol. The van der Waals surface area contributed by atoms with Gasteiger partial charge in [0.2, 0.25) is 0 Å². The van der Waals surface area contributed by atoms with Gasteiger partial charge in [0.05, 0.1) is 0 Å². The zero-order valence-corrected chi connectivity index (χ0v) is 22.2. The van der Waals surface area contributed by atoms with Crippen LogP contribution >= 0.6 is 23.2 Å². The van der Waals surface area contributed by atoms with Crippen molar-refractivity contribution in [3.05, 3.63) is 130 Å². The number of hydrogen-bond donors (Lipinski definition) is 0. The van der Waals surface area contributed by atoms with Gasteiger partial charge in [-0.2, -0.15) is 0 Å². The maximum absolute atomic E-state index is 7.11. The lowest BCUT2D eigenvalue weighted by atomic mass is 9.73. The van der Waals surface area contributed by atoms with Gasteiger partial charge < -0.3 is 0 Å². The summed E-state index contributed by atoms with van der Waals surface area (Å²) in [5, 5.41) is 1.79. The molecule has 0 fully saturated rings. The van der Waals surface area contributed by atoms with Gasteiger partial charge in [-0.3, -0.25) is 0 Å². The molecule has 0 radical (unpaired) electrons. The van der Waals surface area contributed by atoms with Gasteiger partial charge in [0.15, 0.2) is 0 Å². The molecule has 2 aliphatic carbocycles. The second-order valence-electron chi connectivity index (χ2n) is 10.1. The third kappa shape index (κ3) is 3.51. The average Bonchev–Trinajstić information content (AvgIpc) is 3.33. The van der Waals surface area contributed by atoms with Gasteiger partial charge in [0.25, 0.3) is 0 Å². The molecule has 0 amide bonds. The highest BCUT2D eigenvalue weighted by Gasteiger charge is 2.41. The van der Waals surface area contributed by atoms with Crippen LogP contribution in [0.1, 0.15) is 54.9 Å². The highest BCUT2D eigenvalue weighted by atomic mass is 35.5. The highest BCUT2D eigenvalue weighted by molar-refractivity contribution is 6.51. The van der Waals surface area contributed by atoms with Crippen molar-refractivity contribution in [1.82, 2.24) is 0 Å². The summed E-state index contributed by atoms with van der Waals surface area (Å²) in [6.07, 6.45) is 0. The minimum atomic E-state index is 0.229. The van der Waals surface area contributed by atoms with E-state index in [2.05, 4.69) is 118 Å². The minimum Gasteiger partial charge on any atom is -0.0837 e. The van der Waals surface area contributed by atoms with Gasteiger partial charge in [-0.25, -0.2) is 0 Å². The van der Waals surface area contributed by atoms with Crippen LogP contribution in [0.5, 0.6) is 0 Å². The Morgan fingerprint density at radius 3 is 1.31 bits per heavy atom. The summed E-state index contributed by atoms with van der Waals surface area (Å²) in [5.74, 6) is 0.755. The van der Waals surface area contributed by atoms with Crippen LogP contribution in [0.15, 0.2) is 108 Å². The highest BCUT2D eigenvalue weighted by Crippen LogP contribution is 2.58. The largest absolute Gasteiger partial charge is 0.0837 e. The third-order valence-corrected chi connectivity index (χ3v) is 9.12. The Morgan fingerprint density at radius 1 is 0.528 bits per heavy atom. The van der Waals surface area contributed by atoms with E-state index in [1.165, 1.54) is 55.7 Å². The Hall–Kier alpha value is -3.06. The van der Waals surface area contributed by atoms with E-state index in [0.717, 1.165) is 10.1 Å². The molecule has 0 N–H and O–H groups in total. The minimum absolute atomic E-state index is 0.229. The Morgan fingerprint density at radius 2 is 0.917 bits per heavy atom. The molecule has 2 heteroatoms. The van der Waals surface area contributed by atoms with E-state index in [9.17, 15) is 0 Å². The molecule has 2 atom stereocenters. The predicted molar refractivity (Wildman–Crippen MR) is 155 cm³/mol. The van der Waals surface area contributed by atoms with Crippen LogP contribution in [0.4, 0.5) is 0 Å². The number of fused-ring (bicyclic) bond motifs is 2. The first kappa shape index (κ1) is 23.3. The number of allylic oxidation sites excluding steroid dienone is 2. The molecular weight excluding hydrogens is 479 g/mol. The number of halogens is 2. The van der Waals surface area contributed by atoms with Crippen LogP contribution < -0.4 is 0 Å². The van der Waals surface area contributed by atoms with Gasteiger partial charge in [-0.05, 0) is 64.3 Å². The van der Waals surface area contributed by atoms with Crippen molar-refractivity contribution < 1.29 is 0 Å². The van der Waals surface area contributed by atoms with Crippen LogP contribution in [0.3, 0.4) is 0 Å². The number of rotatable bonds is 4. The Labute approximate surface area is 223 Å². The quantitative estimate of drug-likeness (QED) is 0.258. The van der Waals surface area contributed by atoms with E-state index in [4.69, 9.17) is 23.2 Å². The van der Waals surface area contributed by atoms with Crippen LogP contribution in [-0.4, -0.2) is 0 Å². The van der Waals surface area contributed by atoms with Crippen molar-refractivity contribution in [2.45, 2.75) is 32.6 Å². The molecule has 0 aliphatic heterocycles. The molecule has 6 rings (SSSR count). The molecular formula is C34H28Cl2. The van der Waals surface area contributed by atoms with Gasteiger partial charge in [0, 0.05) is 33.0 Å². The fourth-order valence-electron chi connectivity index (χ4n) is 6.55. The molecule has 2 unspecified atom stereocenters. The number of benzene rings is 4. The molecule has 4 aromatic rings. The summed E-state index contributed by atoms with van der Waals surface area (Å²) in [6.45, 7) is 6.77. The van der Waals surface area contributed by atoms with E-state index in [0.29, 0.717) is 5.92 Å². The molecule has 0 bridgehead atoms. The molecule has 0 heterocycles.